The minimum Gasteiger partial charge on any atom is -0.353 e. The van der Waals surface area contributed by atoms with Gasteiger partial charge >= 0.3 is 0 Å². The van der Waals surface area contributed by atoms with E-state index in [2.05, 4.69) is 44.6 Å². The molecule has 2 atom stereocenters. The molecule has 1 aromatic rings. The smallest absolute Gasteiger partial charge is 0.224 e. The Morgan fingerprint density at radius 1 is 1.44 bits per heavy atom. The average Bonchev–Trinajstić information content (AvgIpc) is 2.20. The molecule has 88 valence electrons. The van der Waals surface area contributed by atoms with E-state index >= 15 is 0 Å². The van der Waals surface area contributed by atoms with E-state index in [-0.39, 0.29) is 0 Å². The molecular formula is C10H13BrClN3S. The zero-order valence-corrected chi connectivity index (χ0v) is 12.3. The van der Waals surface area contributed by atoms with Gasteiger partial charge in [0.15, 0.2) is 0 Å². The Balaban J connectivity index is 2.25. The van der Waals surface area contributed by atoms with Gasteiger partial charge in [0.2, 0.25) is 5.28 Å². The lowest BCUT2D eigenvalue weighted by molar-refractivity contribution is 0.715. The van der Waals surface area contributed by atoms with Crippen LogP contribution in [-0.4, -0.2) is 33.6 Å². The minimum absolute atomic E-state index is 0.303. The lowest BCUT2D eigenvalue weighted by atomic mass is 10.3. The summed E-state index contributed by atoms with van der Waals surface area (Å²) in [7, 11) is 0. The molecule has 2 heterocycles. The first-order valence-electron chi connectivity index (χ1n) is 5.14. The van der Waals surface area contributed by atoms with Crippen molar-refractivity contribution >= 4 is 45.1 Å². The molecule has 16 heavy (non-hydrogen) atoms. The van der Waals surface area contributed by atoms with E-state index in [4.69, 9.17) is 11.6 Å². The summed E-state index contributed by atoms with van der Waals surface area (Å²) in [5.74, 6) is 0.902. The third-order valence-corrected chi connectivity index (χ3v) is 4.38. The van der Waals surface area contributed by atoms with Crippen molar-refractivity contribution < 1.29 is 0 Å². The molecule has 0 radical (unpaired) electrons. The van der Waals surface area contributed by atoms with Crippen LogP contribution < -0.4 is 4.90 Å². The van der Waals surface area contributed by atoms with Crippen molar-refractivity contribution in [2.45, 2.75) is 24.3 Å². The normalized spacial score (nSPS) is 25.9. The number of thioether (sulfide) groups is 1. The molecule has 1 aromatic heterocycles. The van der Waals surface area contributed by atoms with Gasteiger partial charge in [-0.2, -0.15) is 16.7 Å². The lowest BCUT2D eigenvalue weighted by Gasteiger charge is -2.35. The second kappa shape index (κ2) is 5.10. The lowest BCUT2D eigenvalue weighted by Crippen LogP contribution is -2.41. The van der Waals surface area contributed by atoms with E-state index in [1.54, 1.807) is 6.20 Å². The SMILES string of the molecule is CC1CN(c2nc(Cl)ncc2Br)CC(C)S1. The molecule has 1 saturated heterocycles. The Morgan fingerprint density at radius 3 is 2.69 bits per heavy atom. The second-order valence-corrected chi connectivity index (χ2v) is 7.05. The van der Waals surface area contributed by atoms with E-state index in [1.165, 1.54) is 0 Å². The van der Waals surface area contributed by atoms with E-state index < -0.39 is 0 Å². The van der Waals surface area contributed by atoms with E-state index in [1.807, 2.05) is 11.8 Å². The van der Waals surface area contributed by atoms with Gasteiger partial charge in [-0.15, -0.1) is 0 Å². The molecule has 0 spiro atoms. The summed E-state index contributed by atoms with van der Waals surface area (Å²) in [4.78, 5) is 10.5. The van der Waals surface area contributed by atoms with Crippen molar-refractivity contribution in [2.24, 2.45) is 0 Å². The molecule has 0 amide bonds. The van der Waals surface area contributed by atoms with Gasteiger partial charge in [-0.05, 0) is 27.5 Å². The van der Waals surface area contributed by atoms with Gasteiger partial charge in [0, 0.05) is 29.8 Å². The number of halogens is 2. The Labute approximate surface area is 113 Å². The van der Waals surface area contributed by atoms with E-state index in [0.29, 0.717) is 15.8 Å². The molecule has 0 aliphatic carbocycles. The summed E-state index contributed by atoms with van der Waals surface area (Å²) < 4.78 is 0.906. The van der Waals surface area contributed by atoms with Crippen molar-refractivity contribution in [2.75, 3.05) is 18.0 Å². The van der Waals surface area contributed by atoms with Crippen molar-refractivity contribution in [3.63, 3.8) is 0 Å². The highest BCUT2D eigenvalue weighted by atomic mass is 79.9. The van der Waals surface area contributed by atoms with Gasteiger partial charge in [0.05, 0.1) is 4.47 Å². The van der Waals surface area contributed by atoms with Crippen molar-refractivity contribution in [3.8, 4) is 0 Å². The number of hydrogen-bond donors (Lipinski definition) is 0. The fourth-order valence-electron chi connectivity index (χ4n) is 1.91. The highest BCUT2D eigenvalue weighted by Gasteiger charge is 2.24. The van der Waals surface area contributed by atoms with Gasteiger partial charge in [0.25, 0.3) is 0 Å². The van der Waals surface area contributed by atoms with Crippen LogP contribution >= 0.6 is 39.3 Å². The first-order chi connectivity index (χ1) is 7.56. The summed E-state index contributed by atoms with van der Waals surface area (Å²) in [5.41, 5.74) is 0. The topological polar surface area (TPSA) is 29.0 Å². The number of aromatic nitrogens is 2. The van der Waals surface area contributed by atoms with Crippen LogP contribution in [0.2, 0.25) is 5.28 Å². The molecule has 6 heteroatoms. The molecule has 0 aromatic carbocycles. The Hall–Kier alpha value is -0.000000000000000111. The summed E-state index contributed by atoms with van der Waals surface area (Å²) >= 11 is 11.3. The van der Waals surface area contributed by atoms with Crippen LogP contribution in [0.5, 0.6) is 0 Å². The first-order valence-corrected chi connectivity index (χ1v) is 7.26. The second-order valence-electron chi connectivity index (χ2n) is 3.97. The van der Waals surface area contributed by atoms with Crippen molar-refractivity contribution in [3.05, 3.63) is 16.0 Å². The summed E-state index contributed by atoms with van der Waals surface area (Å²) in [6.07, 6.45) is 1.71. The van der Waals surface area contributed by atoms with E-state index in [9.17, 15) is 0 Å². The number of hydrogen-bond acceptors (Lipinski definition) is 4. The van der Waals surface area contributed by atoms with Crippen molar-refractivity contribution in [1.82, 2.24) is 9.97 Å². The Morgan fingerprint density at radius 2 is 2.06 bits per heavy atom. The van der Waals surface area contributed by atoms with Gasteiger partial charge in [-0.25, -0.2) is 4.98 Å². The maximum Gasteiger partial charge on any atom is 0.224 e. The highest BCUT2D eigenvalue weighted by molar-refractivity contribution is 9.10. The first kappa shape index (κ1) is 12.5. The van der Waals surface area contributed by atoms with Crippen LogP contribution in [0.3, 0.4) is 0 Å². The third kappa shape index (κ3) is 2.81. The van der Waals surface area contributed by atoms with Crippen LogP contribution in [0, 0.1) is 0 Å². The average molecular weight is 323 g/mol. The van der Waals surface area contributed by atoms with Crippen LogP contribution in [-0.2, 0) is 0 Å². The molecule has 1 aliphatic heterocycles. The van der Waals surface area contributed by atoms with Gasteiger partial charge in [0.1, 0.15) is 5.82 Å². The molecule has 1 aliphatic rings. The monoisotopic (exact) mass is 321 g/mol. The number of rotatable bonds is 1. The standard InChI is InChI=1S/C10H13BrClN3S/c1-6-4-15(5-7(2)16-6)9-8(11)3-13-10(12)14-9/h3,6-7H,4-5H2,1-2H3. The van der Waals surface area contributed by atoms with Crippen LogP contribution in [0.4, 0.5) is 5.82 Å². The fraction of sp³-hybridized carbons (Fsp3) is 0.600. The van der Waals surface area contributed by atoms with Crippen LogP contribution in [0.25, 0.3) is 0 Å². The zero-order valence-electron chi connectivity index (χ0n) is 9.15. The Kier molecular flexibility index (Phi) is 3.97. The molecule has 2 unspecified atom stereocenters. The highest BCUT2D eigenvalue weighted by Crippen LogP contribution is 2.31. The Bertz CT molecular complexity index is 380. The molecule has 0 bridgehead atoms. The maximum absolute atomic E-state index is 5.83. The quantitative estimate of drug-likeness (QED) is 0.742. The van der Waals surface area contributed by atoms with Gasteiger partial charge < -0.3 is 4.90 Å². The molecule has 1 fully saturated rings. The van der Waals surface area contributed by atoms with Gasteiger partial charge in [-0.1, -0.05) is 13.8 Å². The van der Waals surface area contributed by atoms with Gasteiger partial charge in [-0.3, -0.25) is 0 Å². The van der Waals surface area contributed by atoms with Crippen LogP contribution in [0.1, 0.15) is 13.8 Å². The predicted octanol–water partition coefficient (Wildman–Crippen LogP) is 3.22. The molecule has 0 saturated carbocycles. The van der Waals surface area contributed by atoms with Crippen molar-refractivity contribution in [1.29, 1.82) is 0 Å². The predicted molar refractivity (Wildman–Crippen MR) is 73.5 cm³/mol. The minimum atomic E-state index is 0.303. The molecule has 2 rings (SSSR count). The molecular weight excluding hydrogens is 310 g/mol. The molecule has 3 nitrogen and oxygen atoms in total. The number of nitrogens with zero attached hydrogens (tertiary/aromatic N) is 3. The number of anilines is 1. The molecule has 0 N–H and O–H groups in total. The van der Waals surface area contributed by atoms with Crippen LogP contribution in [0.15, 0.2) is 10.7 Å². The largest absolute Gasteiger partial charge is 0.353 e. The summed E-state index contributed by atoms with van der Waals surface area (Å²) in [5, 5.41) is 1.53. The fourth-order valence-corrected chi connectivity index (χ4v) is 3.81. The third-order valence-electron chi connectivity index (χ3n) is 2.42. The zero-order chi connectivity index (χ0) is 11.7. The maximum atomic E-state index is 5.83. The van der Waals surface area contributed by atoms with E-state index in [0.717, 1.165) is 23.4 Å². The summed E-state index contributed by atoms with van der Waals surface area (Å²) in [6.45, 7) is 6.48. The summed E-state index contributed by atoms with van der Waals surface area (Å²) in [6, 6.07) is 0.